The van der Waals surface area contributed by atoms with Crippen molar-refractivity contribution >= 4 is 5.91 Å². The predicted molar refractivity (Wildman–Crippen MR) is 272 cm³/mol. The first-order chi connectivity index (χ1) is 30.2. The monoisotopic (exact) mass is 860 g/mol. The molecule has 0 aromatic rings. The summed E-state index contributed by atoms with van der Waals surface area (Å²) in [5.74, 6) is -0.0347. The van der Waals surface area contributed by atoms with Crippen LogP contribution in [0.4, 0.5) is 0 Å². The second kappa shape index (κ2) is 53.5. The molecule has 0 aliphatic heterocycles. The summed E-state index contributed by atoms with van der Waals surface area (Å²) < 4.78 is 0. The van der Waals surface area contributed by atoms with Crippen LogP contribution >= 0.6 is 0 Å². The molecule has 0 rings (SSSR count). The lowest BCUT2D eigenvalue weighted by Crippen LogP contribution is -2.45. The molecule has 4 nitrogen and oxygen atoms in total. The van der Waals surface area contributed by atoms with Crippen LogP contribution in [-0.4, -0.2) is 34.9 Å². The molecule has 0 saturated heterocycles. The summed E-state index contributed by atoms with van der Waals surface area (Å²) in [6.07, 6.45) is 69.3. The number of allylic oxidation sites excluding steroid dienone is 2. The van der Waals surface area contributed by atoms with Crippen molar-refractivity contribution in [3.63, 3.8) is 0 Å². The number of nitrogens with one attached hydrogen (secondary N) is 1. The number of unbranched alkanes of at least 4 members (excludes halogenated alkanes) is 44. The van der Waals surface area contributed by atoms with Gasteiger partial charge in [0, 0.05) is 6.42 Å². The van der Waals surface area contributed by atoms with Gasteiger partial charge in [0.25, 0.3) is 0 Å². The molecule has 0 spiro atoms. The number of hydrogen-bond acceptors (Lipinski definition) is 3. The van der Waals surface area contributed by atoms with Gasteiger partial charge in [0.05, 0.1) is 18.8 Å². The molecule has 61 heavy (non-hydrogen) atoms. The van der Waals surface area contributed by atoms with Gasteiger partial charge in [-0.25, -0.2) is 0 Å². The number of aliphatic hydroxyl groups is 2. The molecule has 0 aliphatic carbocycles. The maximum Gasteiger partial charge on any atom is 0.220 e. The van der Waals surface area contributed by atoms with E-state index in [-0.39, 0.29) is 12.5 Å². The second-order valence-corrected chi connectivity index (χ2v) is 19.7. The van der Waals surface area contributed by atoms with Crippen molar-refractivity contribution < 1.29 is 15.0 Å². The smallest absolute Gasteiger partial charge is 0.220 e. The standard InChI is InChI=1S/C57H113NO3/c1-3-5-7-9-11-13-15-17-19-21-22-23-24-25-26-27-28-29-30-31-32-33-34-35-36-37-38-40-42-44-46-48-50-52-56(60)55(54-59)58-57(61)53-51-49-47-45-43-41-39-20-18-16-14-12-10-8-6-4-2/h20,39,55-56,59-60H,3-19,21-38,40-54H2,1-2H3,(H,58,61)/b39-20-. The molecule has 3 N–H and O–H groups in total. The van der Waals surface area contributed by atoms with Crippen LogP contribution in [0, 0.1) is 0 Å². The van der Waals surface area contributed by atoms with Gasteiger partial charge in [-0.15, -0.1) is 0 Å². The van der Waals surface area contributed by atoms with Crippen molar-refractivity contribution in [3.05, 3.63) is 12.2 Å². The van der Waals surface area contributed by atoms with E-state index in [4.69, 9.17) is 0 Å². The topological polar surface area (TPSA) is 69.6 Å². The van der Waals surface area contributed by atoms with Crippen LogP contribution in [-0.2, 0) is 4.79 Å². The lowest BCUT2D eigenvalue weighted by Gasteiger charge is -2.22. The SMILES string of the molecule is CCCCCCCCC/C=C\CCCCCCCC(=O)NC(CO)C(O)CCCCCCCCCCCCCCCCCCCCCCCCCCCCCCCCCCC. The highest BCUT2D eigenvalue weighted by Gasteiger charge is 2.20. The molecule has 1 amide bonds. The average Bonchev–Trinajstić information content (AvgIpc) is 3.26. The zero-order chi connectivity index (χ0) is 44.2. The van der Waals surface area contributed by atoms with Gasteiger partial charge in [0.1, 0.15) is 0 Å². The summed E-state index contributed by atoms with van der Waals surface area (Å²) in [6.45, 7) is 4.38. The van der Waals surface area contributed by atoms with E-state index in [9.17, 15) is 15.0 Å². The van der Waals surface area contributed by atoms with Crippen molar-refractivity contribution in [2.24, 2.45) is 0 Å². The van der Waals surface area contributed by atoms with Crippen LogP contribution in [0.3, 0.4) is 0 Å². The van der Waals surface area contributed by atoms with Gasteiger partial charge >= 0.3 is 0 Å². The molecular weight excluding hydrogens is 747 g/mol. The first-order valence-electron chi connectivity index (χ1n) is 28.4. The van der Waals surface area contributed by atoms with E-state index in [1.165, 1.54) is 276 Å². The summed E-state index contributed by atoms with van der Waals surface area (Å²) >= 11 is 0. The van der Waals surface area contributed by atoms with Crippen LogP contribution in [0.5, 0.6) is 0 Å². The van der Waals surface area contributed by atoms with Gasteiger partial charge in [-0.1, -0.05) is 296 Å². The fourth-order valence-corrected chi connectivity index (χ4v) is 9.18. The highest BCUT2D eigenvalue weighted by molar-refractivity contribution is 5.76. The van der Waals surface area contributed by atoms with Gasteiger partial charge < -0.3 is 15.5 Å². The van der Waals surface area contributed by atoms with Crippen molar-refractivity contribution in [1.29, 1.82) is 0 Å². The fraction of sp³-hybridized carbons (Fsp3) is 0.947. The Bertz CT molecular complexity index is 844. The third kappa shape index (κ3) is 50.0. The Kier molecular flexibility index (Phi) is 52.7. The Balaban J connectivity index is 3.38. The van der Waals surface area contributed by atoms with Gasteiger partial charge in [0.15, 0.2) is 0 Å². The van der Waals surface area contributed by atoms with Crippen LogP contribution in [0.15, 0.2) is 12.2 Å². The molecule has 0 saturated carbocycles. The number of carbonyl (C=O) groups excluding carboxylic acids is 1. The molecule has 0 heterocycles. The lowest BCUT2D eigenvalue weighted by atomic mass is 10.0. The zero-order valence-corrected chi connectivity index (χ0v) is 42.0. The molecule has 0 radical (unpaired) electrons. The average molecular weight is 861 g/mol. The normalized spacial score (nSPS) is 12.8. The van der Waals surface area contributed by atoms with Gasteiger partial charge in [-0.2, -0.15) is 0 Å². The summed E-state index contributed by atoms with van der Waals surface area (Å²) in [7, 11) is 0. The molecule has 0 bridgehead atoms. The molecule has 2 atom stereocenters. The molecule has 364 valence electrons. The minimum atomic E-state index is -0.661. The largest absolute Gasteiger partial charge is 0.394 e. The minimum Gasteiger partial charge on any atom is -0.394 e. The number of aliphatic hydroxyl groups excluding tert-OH is 2. The Hall–Kier alpha value is -0.870. The van der Waals surface area contributed by atoms with Crippen LogP contribution in [0.2, 0.25) is 0 Å². The van der Waals surface area contributed by atoms with Gasteiger partial charge in [-0.05, 0) is 38.5 Å². The van der Waals surface area contributed by atoms with E-state index in [0.717, 1.165) is 25.7 Å². The maximum absolute atomic E-state index is 12.4. The number of amides is 1. The first-order valence-corrected chi connectivity index (χ1v) is 28.4. The van der Waals surface area contributed by atoms with E-state index < -0.39 is 12.1 Å². The summed E-state index contributed by atoms with van der Waals surface area (Å²) in [5, 5.41) is 23.3. The maximum atomic E-state index is 12.4. The second-order valence-electron chi connectivity index (χ2n) is 19.7. The Morgan fingerprint density at radius 1 is 0.377 bits per heavy atom. The molecule has 0 aromatic carbocycles. The summed E-state index contributed by atoms with van der Waals surface area (Å²) in [6, 6.07) is -0.538. The van der Waals surface area contributed by atoms with Crippen molar-refractivity contribution in [1.82, 2.24) is 5.32 Å². The quantitative estimate of drug-likeness (QED) is 0.0421. The fourth-order valence-electron chi connectivity index (χ4n) is 9.18. The number of carbonyl (C=O) groups is 1. The van der Waals surface area contributed by atoms with Crippen LogP contribution in [0.25, 0.3) is 0 Å². The first kappa shape index (κ1) is 60.1. The highest BCUT2D eigenvalue weighted by atomic mass is 16.3. The highest BCUT2D eigenvalue weighted by Crippen LogP contribution is 2.18. The van der Waals surface area contributed by atoms with E-state index >= 15 is 0 Å². The zero-order valence-electron chi connectivity index (χ0n) is 42.0. The van der Waals surface area contributed by atoms with E-state index in [1.54, 1.807) is 0 Å². The summed E-state index contributed by atoms with van der Waals surface area (Å²) in [5.41, 5.74) is 0. The molecule has 4 heteroatoms. The lowest BCUT2D eigenvalue weighted by molar-refractivity contribution is -0.123. The van der Waals surface area contributed by atoms with Crippen LogP contribution in [0.1, 0.15) is 328 Å². The molecule has 0 aromatic heterocycles. The van der Waals surface area contributed by atoms with E-state index in [2.05, 4.69) is 31.3 Å². The Morgan fingerprint density at radius 3 is 0.902 bits per heavy atom. The van der Waals surface area contributed by atoms with E-state index in [0.29, 0.717) is 12.8 Å². The molecule has 0 aliphatic rings. The van der Waals surface area contributed by atoms with Crippen molar-refractivity contribution in [3.8, 4) is 0 Å². The van der Waals surface area contributed by atoms with Crippen molar-refractivity contribution in [2.45, 2.75) is 341 Å². The molecule has 2 unspecified atom stereocenters. The molecular formula is C57H113NO3. The molecule has 0 fully saturated rings. The van der Waals surface area contributed by atoms with Gasteiger partial charge in [-0.3, -0.25) is 4.79 Å². The van der Waals surface area contributed by atoms with Crippen molar-refractivity contribution in [2.75, 3.05) is 6.61 Å². The third-order valence-corrected chi connectivity index (χ3v) is 13.5. The third-order valence-electron chi connectivity index (χ3n) is 13.5. The Labute approximate surface area is 384 Å². The van der Waals surface area contributed by atoms with Crippen LogP contribution < -0.4 is 5.32 Å². The Morgan fingerprint density at radius 2 is 0.623 bits per heavy atom. The number of rotatable bonds is 53. The predicted octanol–water partition coefficient (Wildman–Crippen LogP) is 18.5. The van der Waals surface area contributed by atoms with E-state index in [1.807, 2.05) is 0 Å². The minimum absolute atomic E-state index is 0.0347. The van der Waals surface area contributed by atoms with Gasteiger partial charge in [0.2, 0.25) is 5.91 Å². The summed E-state index contributed by atoms with van der Waals surface area (Å²) in [4.78, 5) is 12.4. The number of hydrogen-bond donors (Lipinski definition) is 3.